The number of ketones is 1. The maximum absolute atomic E-state index is 13.0. The van der Waals surface area contributed by atoms with E-state index < -0.39 is 18.0 Å². The highest BCUT2D eigenvalue weighted by Crippen LogP contribution is 2.22. The molecule has 3 heterocycles. The van der Waals surface area contributed by atoms with Gasteiger partial charge in [0.15, 0.2) is 0 Å². The van der Waals surface area contributed by atoms with Gasteiger partial charge in [-0.2, -0.15) is 0 Å². The van der Waals surface area contributed by atoms with Crippen molar-refractivity contribution in [1.29, 1.82) is 0 Å². The molecule has 1 aromatic rings. The standard InChI is InChI=1S/C17H23N6O3/c1-9(2)22-13-14(18-16(22)23-11(4)7-10(3)19-23)20(6)17(26)21(15(13)25)8-12(5)24/h7,9,13H,8H2,1-6H3/q+1. The van der Waals surface area contributed by atoms with Crippen LogP contribution in [0.1, 0.15) is 32.2 Å². The van der Waals surface area contributed by atoms with Crippen LogP contribution in [0.25, 0.3) is 0 Å². The smallest absolute Gasteiger partial charge is 0.298 e. The van der Waals surface area contributed by atoms with Gasteiger partial charge in [0.05, 0.1) is 18.3 Å². The number of aromatic nitrogens is 2. The molecule has 0 aromatic carbocycles. The first-order valence-electron chi connectivity index (χ1n) is 8.49. The highest BCUT2D eigenvalue weighted by Gasteiger charge is 2.54. The molecular weight excluding hydrogens is 336 g/mol. The third-order valence-electron chi connectivity index (χ3n) is 4.47. The average Bonchev–Trinajstić information content (AvgIpc) is 3.09. The van der Waals surface area contributed by atoms with Crippen molar-refractivity contribution in [2.45, 2.75) is 46.7 Å². The van der Waals surface area contributed by atoms with Crippen LogP contribution in [0.15, 0.2) is 11.1 Å². The van der Waals surface area contributed by atoms with Crippen LogP contribution in [0.4, 0.5) is 4.79 Å². The first-order chi connectivity index (χ1) is 12.1. The number of amides is 3. The van der Waals surface area contributed by atoms with Gasteiger partial charge in [-0.3, -0.25) is 19.4 Å². The zero-order valence-corrected chi connectivity index (χ0v) is 15.8. The van der Waals surface area contributed by atoms with Gasteiger partial charge >= 0.3 is 12.0 Å². The lowest BCUT2D eigenvalue weighted by Gasteiger charge is -2.34. The molecule has 2 aliphatic heterocycles. The number of hydrogen-bond donors (Lipinski definition) is 0. The molecular formula is C17H23N6O3+. The van der Waals surface area contributed by atoms with Crippen molar-refractivity contribution in [2.24, 2.45) is 4.99 Å². The van der Waals surface area contributed by atoms with Crippen molar-refractivity contribution in [3.8, 4) is 0 Å². The molecule has 1 atom stereocenters. The molecule has 26 heavy (non-hydrogen) atoms. The number of aliphatic imine (C=N–C) groups is 1. The number of carbonyl (C=O) groups excluding carboxylic acids is 3. The molecule has 0 radical (unpaired) electrons. The molecule has 1 fully saturated rings. The number of likely N-dealkylation sites (N-methyl/N-ethyl adjacent to an activating group) is 1. The normalized spacial score (nSPS) is 20.3. The maximum Gasteiger partial charge on any atom is 0.421 e. The van der Waals surface area contributed by atoms with Crippen molar-refractivity contribution in [3.05, 3.63) is 17.5 Å². The fourth-order valence-electron chi connectivity index (χ4n) is 3.36. The summed E-state index contributed by atoms with van der Waals surface area (Å²) in [6.07, 6.45) is 0. The molecule has 3 amide bonds. The van der Waals surface area contributed by atoms with Crippen LogP contribution in [0.5, 0.6) is 0 Å². The minimum Gasteiger partial charge on any atom is -0.298 e. The van der Waals surface area contributed by atoms with Gasteiger partial charge in [0.2, 0.25) is 11.9 Å². The van der Waals surface area contributed by atoms with Gasteiger partial charge in [-0.25, -0.2) is 9.37 Å². The van der Waals surface area contributed by atoms with Gasteiger partial charge < -0.3 is 0 Å². The van der Waals surface area contributed by atoms with Gasteiger partial charge in [0.25, 0.3) is 5.91 Å². The van der Waals surface area contributed by atoms with E-state index in [0.717, 1.165) is 16.3 Å². The molecule has 1 saturated heterocycles. The quantitative estimate of drug-likeness (QED) is 0.730. The largest absolute Gasteiger partial charge is 0.421 e. The van der Waals surface area contributed by atoms with Gasteiger partial charge in [-0.15, -0.1) is 9.78 Å². The predicted octanol–water partition coefficient (Wildman–Crippen LogP) is 0.389. The summed E-state index contributed by atoms with van der Waals surface area (Å²) in [7, 11) is 1.57. The molecule has 138 valence electrons. The molecule has 1 aromatic heterocycles. The van der Waals surface area contributed by atoms with Gasteiger partial charge in [0.1, 0.15) is 11.5 Å². The Labute approximate surface area is 151 Å². The Morgan fingerprint density at radius 2 is 1.96 bits per heavy atom. The molecule has 9 heteroatoms. The van der Waals surface area contributed by atoms with E-state index in [-0.39, 0.29) is 18.4 Å². The molecule has 0 spiro atoms. The van der Waals surface area contributed by atoms with E-state index in [2.05, 4.69) is 10.1 Å². The van der Waals surface area contributed by atoms with Crippen molar-refractivity contribution in [2.75, 3.05) is 13.6 Å². The summed E-state index contributed by atoms with van der Waals surface area (Å²) in [5.74, 6) is 0.170. The summed E-state index contributed by atoms with van der Waals surface area (Å²) in [5.41, 5.74) is 1.72. The van der Waals surface area contributed by atoms with Crippen molar-refractivity contribution in [1.82, 2.24) is 19.6 Å². The van der Waals surface area contributed by atoms with E-state index in [1.165, 1.54) is 11.8 Å². The number of hydrogen-bond acceptors (Lipinski definition) is 5. The van der Waals surface area contributed by atoms with Crippen LogP contribution >= 0.6 is 0 Å². The van der Waals surface area contributed by atoms with E-state index in [1.54, 1.807) is 11.7 Å². The molecule has 1 unspecified atom stereocenters. The minimum atomic E-state index is -0.754. The van der Waals surface area contributed by atoms with E-state index in [9.17, 15) is 14.4 Å². The SMILES string of the molecule is CC(=O)CN1C(=O)C2C(=NC(n3nc(C)cc3C)=[N+]2C(C)C)N(C)C1=O. The third kappa shape index (κ3) is 2.63. The lowest BCUT2D eigenvalue weighted by molar-refractivity contribution is -0.567. The van der Waals surface area contributed by atoms with Crippen molar-refractivity contribution < 1.29 is 19.0 Å². The number of imide groups is 1. The Balaban J connectivity index is 2.16. The summed E-state index contributed by atoms with van der Waals surface area (Å²) in [5, 5.41) is 4.47. The summed E-state index contributed by atoms with van der Waals surface area (Å²) < 4.78 is 3.52. The van der Waals surface area contributed by atoms with Gasteiger partial charge in [-0.05, 0) is 40.7 Å². The summed E-state index contributed by atoms with van der Waals surface area (Å²) in [6, 6.07) is 0.561. The average molecular weight is 359 g/mol. The van der Waals surface area contributed by atoms with Crippen LogP contribution in [0, 0.1) is 13.8 Å². The number of rotatable bonds is 3. The second kappa shape index (κ2) is 6.15. The second-order valence-electron chi connectivity index (χ2n) is 6.98. The molecule has 0 aliphatic carbocycles. The lowest BCUT2D eigenvalue weighted by Crippen LogP contribution is -2.64. The molecule has 0 saturated carbocycles. The van der Waals surface area contributed by atoms with Crippen LogP contribution in [-0.4, -0.2) is 79.3 Å². The number of urea groups is 1. The Kier molecular flexibility index (Phi) is 4.25. The monoisotopic (exact) mass is 359 g/mol. The van der Waals surface area contributed by atoms with Crippen LogP contribution in [0.2, 0.25) is 0 Å². The first kappa shape index (κ1) is 18.0. The Bertz CT molecular complexity index is 879. The number of carbonyl (C=O) groups is 3. The highest BCUT2D eigenvalue weighted by atomic mass is 16.2. The maximum atomic E-state index is 13.0. The Hall–Kier alpha value is -2.84. The number of Topliss-reactive ketones (excluding diaryl/α,β-unsaturated/α-hetero) is 1. The fraction of sp³-hybridized carbons (Fsp3) is 0.529. The van der Waals surface area contributed by atoms with E-state index in [1.807, 2.05) is 38.3 Å². The lowest BCUT2D eigenvalue weighted by atomic mass is 10.1. The van der Waals surface area contributed by atoms with E-state index >= 15 is 0 Å². The summed E-state index contributed by atoms with van der Waals surface area (Å²) in [4.78, 5) is 44.0. The van der Waals surface area contributed by atoms with Crippen molar-refractivity contribution >= 4 is 29.5 Å². The molecule has 2 aliphatic rings. The van der Waals surface area contributed by atoms with Gasteiger partial charge in [-0.1, -0.05) is 4.99 Å². The summed E-state index contributed by atoms with van der Waals surface area (Å²) >= 11 is 0. The van der Waals surface area contributed by atoms with Crippen LogP contribution < -0.4 is 0 Å². The van der Waals surface area contributed by atoms with Gasteiger partial charge in [0, 0.05) is 7.05 Å². The summed E-state index contributed by atoms with van der Waals surface area (Å²) in [6.45, 7) is 8.80. The minimum absolute atomic E-state index is 0.0649. The molecule has 0 N–H and O–H groups in total. The number of aryl methyl sites for hydroxylation is 2. The van der Waals surface area contributed by atoms with Crippen LogP contribution in [-0.2, 0) is 9.59 Å². The fourth-order valence-corrected chi connectivity index (χ4v) is 3.36. The Morgan fingerprint density at radius 3 is 2.46 bits per heavy atom. The highest BCUT2D eigenvalue weighted by molar-refractivity contribution is 6.23. The predicted molar refractivity (Wildman–Crippen MR) is 94.3 cm³/mol. The molecule has 3 rings (SSSR count). The van der Waals surface area contributed by atoms with Crippen LogP contribution in [0.3, 0.4) is 0 Å². The Morgan fingerprint density at radius 1 is 1.31 bits per heavy atom. The number of amidine groups is 1. The molecule has 9 nitrogen and oxygen atoms in total. The van der Waals surface area contributed by atoms with E-state index in [0.29, 0.717) is 11.8 Å². The third-order valence-corrected chi connectivity index (χ3v) is 4.47. The second-order valence-corrected chi connectivity index (χ2v) is 6.98. The zero-order valence-electron chi connectivity index (χ0n) is 15.8. The van der Waals surface area contributed by atoms with Crippen molar-refractivity contribution in [3.63, 3.8) is 0 Å². The number of fused-ring (bicyclic) bond motifs is 1. The topological polar surface area (TPSA) is 90.9 Å². The zero-order chi connectivity index (χ0) is 19.3. The van der Waals surface area contributed by atoms with E-state index in [4.69, 9.17) is 0 Å². The first-order valence-corrected chi connectivity index (χ1v) is 8.49. The number of nitrogens with zero attached hydrogens (tertiary/aromatic N) is 6. The molecule has 0 bridgehead atoms.